The van der Waals surface area contributed by atoms with Crippen molar-refractivity contribution in [3.63, 3.8) is 0 Å². The number of benzene rings is 1. The highest BCUT2D eigenvalue weighted by Gasteiger charge is 2.14. The van der Waals surface area contributed by atoms with Gasteiger partial charge in [-0.05, 0) is 50.2 Å². The van der Waals surface area contributed by atoms with Gasteiger partial charge in [0.2, 0.25) is 0 Å². The van der Waals surface area contributed by atoms with Crippen LogP contribution in [0.2, 0.25) is 0 Å². The number of aryl methyl sites for hydroxylation is 2. The van der Waals surface area contributed by atoms with Gasteiger partial charge in [-0.3, -0.25) is 0 Å². The van der Waals surface area contributed by atoms with E-state index in [-0.39, 0.29) is 0 Å². The lowest BCUT2D eigenvalue weighted by atomic mass is 10.0. The van der Waals surface area contributed by atoms with Crippen LogP contribution in [0.3, 0.4) is 0 Å². The van der Waals surface area contributed by atoms with E-state index in [0.29, 0.717) is 6.04 Å². The lowest BCUT2D eigenvalue weighted by Crippen LogP contribution is -2.16. The molecule has 0 aliphatic carbocycles. The maximum absolute atomic E-state index is 3.54. The molecule has 1 atom stereocenters. The molecule has 0 saturated carbocycles. The predicted molar refractivity (Wildman–Crippen MR) is 78.8 cm³/mol. The Labute approximate surface area is 115 Å². The topological polar surface area (TPSA) is 12.0 Å². The van der Waals surface area contributed by atoms with Gasteiger partial charge in [-0.1, -0.05) is 28.1 Å². The normalized spacial score (nSPS) is 12.7. The van der Waals surface area contributed by atoms with E-state index < -0.39 is 0 Å². The fraction of sp³-hybridized carbons (Fsp3) is 0.286. The summed E-state index contributed by atoms with van der Waals surface area (Å²) in [6.07, 6.45) is 0. The molecule has 17 heavy (non-hydrogen) atoms. The fourth-order valence-electron chi connectivity index (χ4n) is 1.93. The Bertz CT molecular complexity index is 519. The first-order chi connectivity index (χ1) is 8.11. The monoisotopic (exact) mass is 309 g/mol. The molecule has 1 N–H and O–H groups in total. The first-order valence-corrected chi connectivity index (χ1v) is 7.22. The summed E-state index contributed by atoms with van der Waals surface area (Å²) < 4.78 is 1.17. The Kier molecular flexibility index (Phi) is 4.02. The maximum atomic E-state index is 3.54. The smallest absolute Gasteiger partial charge is 0.0668 e. The molecule has 1 aromatic heterocycles. The third kappa shape index (κ3) is 2.79. The minimum atomic E-state index is 0.292. The van der Waals surface area contributed by atoms with Crippen molar-refractivity contribution in [2.45, 2.75) is 19.9 Å². The van der Waals surface area contributed by atoms with E-state index in [1.807, 2.05) is 18.4 Å². The molecule has 1 unspecified atom stereocenters. The molecule has 0 radical (unpaired) electrons. The second-order valence-electron chi connectivity index (χ2n) is 4.18. The van der Waals surface area contributed by atoms with Gasteiger partial charge in [-0.25, -0.2) is 0 Å². The summed E-state index contributed by atoms with van der Waals surface area (Å²) >= 11 is 5.39. The van der Waals surface area contributed by atoms with Gasteiger partial charge in [0.05, 0.1) is 6.04 Å². The van der Waals surface area contributed by atoms with Crippen LogP contribution in [-0.4, -0.2) is 7.05 Å². The quantitative estimate of drug-likeness (QED) is 0.884. The molecule has 0 amide bonds. The second-order valence-corrected chi connectivity index (χ2v) is 6.35. The van der Waals surface area contributed by atoms with Gasteiger partial charge in [0, 0.05) is 14.2 Å². The SMILES string of the molecule is CNC(c1ccc(Br)c(C)c1)c1ccc(C)s1. The zero-order valence-electron chi connectivity index (χ0n) is 10.3. The second kappa shape index (κ2) is 5.34. The van der Waals surface area contributed by atoms with Crippen molar-refractivity contribution in [2.24, 2.45) is 0 Å². The number of rotatable bonds is 3. The number of hydrogen-bond donors (Lipinski definition) is 1. The Morgan fingerprint density at radius 1 is 1.18 bits per heavy atom. The van der Waals surface area contributed by atoms with Gasteiger partial charge >= 0.3 is 0 Å². The highest BCUT2D eigenvalue weighted by molar-refractivity contribution is 9.10. The van der Waals surface area contributed by atoms with Crippen molar-refractivity contribution in [2.75, 3.05) is 7.05 Å². The van der Waals surface area contributed by atoms with Crippen LogP contribution in [0.1, 0.15) is 26.9 Å². The summed E-state index contributed by atoms with van der Waals surface area (Å²) in [7, 11) is 2.01. The Hall–Kier alpha value is -0.640. The van der Waals surface area contributed by atoms with Crippen molar-refractivity contribution in [1.29, 1.82) is 0 Å². The van der Waals surface area contributed by atoms with Crippen molar-refractivity contribution >= 4 is 27.3 Å². The minimum Gasteiger partial charge on any atom is -0.309 e. The summed E-state index contributed by atoms with van der Waals surface area (Å²) in [5, 5.41) is 3.39. The Balaban J connectivity index is 2.38. The molecule has 90 valence electrons. The molecule has 1 aromatic carbocycles. The molecular formula is C14H16BrNS. The zero-order chi connectivity index (χ0) is 12.4. The molecule has 0 aliphatic heterocycles. The summed E-state index contributed by atoms with van der Waals surface area (Å²) in [6, 6.07) is 11.2. The van der Waals surface area contributed by atoms with Crippen molar-refractivity contribution in [1.82, 2.24) is 5.32 Å². The Morgan fingerprint density at radius 2 is 1.94 bits per heavy atom. The molecule has 0 saturated heterocycles. The van der Waals surface area contributed by atoms with Crippen LogP contribution in [0, 0.1) is 13.8 Å². The molecule has 1 nitrogen and oxygen atoms in total. The largest absolute Gasteiger partial charge is 0.309 e. The van der Waals surface area contributed by atoms with Crippen molar-refractivity contribution in [3.8, 4) is 0 Å². The van der Waals surface area contributed by atoms with Crippen molar-refractivity contribution in [3.05, 3.63) is 55.7 Å². The van der Waals surface area contributed by atoms with E-state index in [1.54, 1.807) is 0 Å². The van der Waals surface area contributed by atoms with Crippen molar-refractivity contribution < 1.29 is 0 Å². The number of halogens is 1. The molecule has 0 fully saturated rings. The summed E-state index contributed by atoms with van der Waals surface area (Å²) in [5.41, 5.74) is 2.59. The third-order valence-corrected chi connectivity index (χ3v) is 4.80. The molecule has 1 heterocycles. The zero-order valence-corrected chi connectivity index (χ0v) is 12.7. The average Bonchev–Trinajstić information content (AvgIpc) is 2.71. The highest BCUT2D eigenvalue weighted by Crippen LogP contribution is 2.29. The van der Waals surface area contributed by atoms with Crippen LogP contribution in [0.15, 0.2) is 34.8 Å². The first kappa shape index (κ1) is 12.8. The molecule has 0 aliphatic rings. The van der Waals surface area contributed by atoms with Gasteiger partial charge in [0.1, 0.15) is 0 Å². The molecular weight excluding hydrogens is 294 g/mol. The van der Waals surface area contributed by atoms with E-state index in [9.17, 15) is 0 Å². The van der Waals surface area contributed by atoms with Gasteiger partial charge < -0.3 is 5.32 Å². The van der Waals surface area contributed by atoms with Crippen LogP contribution in [0.5, 0.6) is 0 Å². The number of hydrogen-bond acceptors (Lipinski definition) is 2. The molecule has 2 rings (SSSR count). The number of thiophene rings is 1. The average molecular weight is 310 g/mol. The lowest BCUT2D eigenvalue weighted by molar-refractivity contribution is 0.703. The van der Waals surface area contributed by atoms with Crippen LogP contribution in [0.25, 0.3) is 0 Å². The van der Waals surface area contributed by atoms with Gasteiger partial charge in [0.15, 0.2) is 0 Å². The lowest BCUT2D eigenvalue weighted by Gasteiger charge is -2.16. The molecule has 0 spiro atoms. The molecule has 0 bridgehead atoms. The van der Waals surface area contributed by atoms with Gasteiger partial charge in [-0.2, -0.15) is 0 Å². The van der Waals surface area contributed by atoms with E-state index in [1.165, 1.54) is 25.4 Å². The predicted octanol–water partition coefficient (Wildman–Crippen LogP) is 4.44. The summed E-state index contributed by atoms with van der Waals surface area (Å²) in [5.74, 6) is 0. The van der Waals surface area contributed by atoms with Gasteiger partial charge in [0.25, 0.3) is 0 Å². The molecule has 2 aromatic rings. The van der Waals surface area contributed by atoms with Crippen LogP contribution in [-0.2, 0) is 0 Å². The van der Waals surface area contributed by atoms with Crippen LogP contribution in [0.4, 0.5) is 0 Å². The van der Waals surface area contributed by atoms with E-state index >= 15 is 0 Å². The first-order valence-electron chi connectivity index (χ1n) is 5.61. The number of nitrogens with one attached hydrogen (secondary N) is 1. The summed E-state index contributed by atoms with van der Waals surface area (Å²) in [6.45, 7) is 4.27. The fourth-order valence-corrected chi connectivity index (χ4v) is 3.19. The van der Waals surface area contributed by atoms with Crippen LogP contribution < -0.4 is 5.32 Å². The van der Waals surface area contributed by atoms with Gasteiger partial charge in [-0.15, -0.1) is 11.3 Å². The minimum absolute atomic E-state index is 0.292. The highest BCUT2D eigenvalue weighted by atomic mass is 79.9. The molecule has 3 heteroatoms. The third-order valence-electron chi connectivity index (χ3n) is 2.85. The van der Waals surface area contributed by atoms with Crippen LogP contribution >= 0.6 is 27.3 Å². The van der Waals surface area contributed by atoms with E-state index in [2.05, 4.69) is 65.4 Å². The summed E-state index contributed by atoms with van der Waals surface area (Å²) in [4.78, 5) is 2.72. The van der Waals surface area contributed by atoms with E-state index in [0.717, 1.165) is 0 Å². The maximum Gasteiger partial charge on any atom is 0.0668 e. The van der Waals surface area contributed by atoms with E-state index in [4.69, 9.17) is 0 Å². The Morgan fingerprint density at radius 3 is 2.47 bits per heavy atom. The standard InChI is InChI=1S/C14H16BrNS/c1-9-8-11(5-6-12(9)15)14(16-3)13-7-4-10(2)17-13/h4-8,14,16H,1-3H3.